The SMILES string of the molecule is COc1cccc(-c2noc(NC3CCCCCC3)n2)c1. The average molecular weight is 287 g/mol. The Balaban J connectivity index is 1.70. The summed E-state index contributed by atoms with van der Waals surface area (Å²) in [7, 11) is 1.65. The van der Waals surface area contributed by atoms with Crippen LogP contribution in [0, 0.1) is 0 Å². The minimum atomic E-state index is 0.450. The van der Waals surface area contributed by atoms with E-state index in [1.165, 1.54) is 38.5 Å². The molecule has 1 N–H and O–H groups in total. The molecule has 1 saturated carbocycles. The van der Waals surface area contributed by atoms with Gasteiger partial charge < -0.3 is 14.6 Å². The van der Waals surface area contributed by atoms with Crippen molar-refractivity contribution in [2.45, 2.75) is 44.6 Å². The lowest BCUT2D eigenvalue weighted by Crippen LogP contribution is -2.18. The van der Waals surface area contributed by atoms with Gasteiger partial charge in [0.2, 0.25) is 5.82 Å². The quantitative estimate of drug-likeness (QED) is 0.865. The molecule has 0 aliphatic heterocycles. The number of anilines is 1. The van der Waals surface area contributed by atoms with E-state index in [4.69, 9.17) is 9.26 Å². The van der Waals surface area contributed by atoms with Gasteiger partial charge in [0.1, 0.15) is 5.75 Å². The van der Waals surface area contributed by atoms with E-state index in [2.05, 4.69) is 15.5 Å². The number of hydrogen-bond donors (Lipinski definition) is 1. The van der Waals surface area contributed by atoms with Crippen LogP contribution >= 0.6 is 0 Å². The summed E-state index contributed by atoms with van der Waals surface area (Å²) in [6, 6.07) is 8.63. The zero-order valence-electron chi connectivity index (χ0n) is 12.3. The van der Waals surface area contributed by atoms with Gasteiger partial charge in [-0.05, 0) is 25.0 Å². The van der Waals surface area contributed by atoms with E-state index in [-0.39, 0.29) is 0 Å². The molecule has 1 aliphatic carbocycles. The van der Waals surface area contributed by atoms with Gasteiger partial charge >= 0.3 is 6.01 Å². The molecule has 5 nitrogen and oxygen atoms in total. The van der Waals surface area contributed by atoms with Crippen molar-refractivity contribution in [2.75, 3.05) is 12.4 Å². The van der Waals surface area contributed by atoms with Crippen LogP contribution in [0.25, 0.3) is 11.4 Å². The molecule has 0 amide bonds. The van der Waals surface area contributed by atoms with Crippen molar-refractivity contribution >= 4 is 6.01 Å². The molecule has 0 atom stereocenters. The van der Waals surface area contributed by atoms with Crippen molar-refractivity contribution in [1.29, 1.82) is 0 Å². The molecule has 1 fully saturated rings. The number of nitrogens with zero attached hydrogens (tertiary/aromatic N) is 2. The summed E-state index contributed by atoms with van der Waals surface area (Å²) >= 11 is 0. The molecule has 0 bridgehead atoms. The standard InChI is InChI=1S/C16H21N3O2/c1-20-14-10-6-7-12(11-14)15-18-16(21-19-15)17-13-8-4-2-3-5-9-13/h6-7,10-11,13H,2-5,8-9H2,1H3,(H,17,18,19). The second-order valence-corrected chi connectivity index (χ2v) is 5.49. The van der Waals surface area contributed by atoms with Gasteiger partial charge in [0.25, 0.3) is 0 Å². The number of benzene rings is 1. The fraction of sp³-hybridized carbons (Fsp3) is 0.500. The fourth-order valence-electron chi connectivity index (χ4n) is 2.76. The summed E-state index contributed by atoms with van der Waals surface area (Å²) in [6.45, 7) is 0. The summed E-state index contributed by atoms with van der Waals surface area (Å²) in [4.78, 5) is 4.44. The molecule has 1 aromatic carbocycles. The van der Waals surface area contributed by atoms with Crippen LogP contribution in [-0.2, 0) is 0 Å². The molecule has 5 heteroatoms. The largest absolute Gasteiger partial charge is 0.497 e. The third-order valence-corrected chi connectivity index (χ3v) is 3.94. The molecule has 21 heavy (non-hydrogen) atoms. The number of rotatable bonds is 4. The summed E-state index contributed by atoms with van der Waals surface area (Å²) in [5.41, 5.74) is 0.895. The van der Waals surface area contributed by atoms with Gasteiger partial charge in [0, 0.05) is 11.6 Å². The van der Waals surface area contributed by atoms with Gasteiger partial charge in [-0.2, -0.15) is 4.98 Å². The van der Waals surface area contributed by atoms with Crippen LogP contribution in [0.1, 0.15) is 38.5 Å². The van der Waals surface area contributed by atoms with Crippen LogP contribution in [0.3, 0.4) is 0 Å². The monoisotopic (exact) mass is 287 g/mol. The highest BCUT2D eigenvalue weighted by Gasteiger charge is 2.16. The average Bonchev–Trinajstić information content (AvgIpc) is 2.83. The maximum absolute atomic E-state index is 5.32. The minimum Gasteiger partial charge on any atom is -0.497 e. The van der Waals surface area contributed by atoms with Crippen LogP contribution in [-0.4, -0.2) is 23.3 Å². The molecular formula is C16H21N3O2. The lowest BCUT2D eigenvalue weighted by molar-refractivity contribution is 0.414. The third-order valence-electron chi connectivity index (χ3n) is 3.94. The molecular weight excluding hydrogens is 266 g/mol. The van der Waals surface area contributed by atoms with Crippen molar-refractivity contribution < 1.29 is 9.26 Å². The van der Waals surface area contributed by atoms with Gasteiger partial charge in [0.15, 0.2) is 0 Å². The number of aromatic nitrogens is 2. The van der Waals surface area contributed by atoms with Gasteiger partial charge in [-0.1, -0.05) is 43.0 Å². The first kappa shape index (κ1) is 13.9. The minimum absolute atomic E-state index is 0.450. The highest BCUT2D eigenvalue weighted by molar-refractivity contribution is 5.57. The first-order valence-electron chi connectivity index (χ1n) is 7.60. The van der Waals surface area contributed by atoms with Gasteiger partial charge in [-0.3, -0.25) is 0 Å². The summed E-state index contributed by atoms with van der Waals surface area (Å²) in [5, 5.41) is 7.41. The van der Waals surface area contributed by atoms with E-state index in [1.807, 2.05) is 24.3 Å². The summed E-state index contributed by atoms with van der Waals surface area (Å²) < 4.78 is 10.5. The molecule has 0 saturated heterocycles. The Kier molecular flexibility index (Phi) is 4.38. The van der Waals surface area contributed by atoms with Gasteiger partial charge in [-0.25, -0.2) is 0 Å². The van der Waals surface area contributed by atoms with Crippen LogP contribution in [0.5, 0.6) is 5.75 Å². The molecule has 2 aromatic rings. The highest BCUT2D eigenvalue weighted by Crippen LogP contribution is 2.24. The van der Waals surface area contributed by atoms with Crippen molar-refractivity contribution in [3.8, 4) is 17.1 Å². The molecule has 1 aromatic heterocycles. The zero-order valence-corrected chi connectivity index (χ0v) is 12.3. The van der Waals surface area contributed by atoms with E-state index < -0.39 is 0 Å². The van der Waals surface area contributed by atoms with Crippen LogP contribution < -0.4 is 10.1 Å². The maximum Gasteiger partial charge on any atom is 0.322 e. The lowest BCUT2D eigenvalue weighted by atomic mass is 10.1. The van der Waals surface area contributed by atoms with Crippen LogP contribution in [0.15, 0.2) is 28.8 Å². The van der Waals surface area contributed by atoms with E-state index in [9.17, 15) is 0 Å². The van der Waals surface area contributed by atoms with E-state index in [0.29, 0.717) is 17.9 Å². The molecule has 1 aliphatic rings. The van der Waals surface area contributed by atoms with Gasteiger partial charge in [0.05, 0.1) is 7.11 Å². The van der Waals surface area contributed by atoms with Gasteiger partial charge in [-0.15, -0.1) is 0 Å². The Hall–Kier alpha value is -2.04. The Bertz CT molecular complexity index is 574. The fourth-order valence-corrected chi connectivity index (χ4v) is 2.76. The number of hydrogen-bond acceptors (Lipinski definition) is 5. The van der Waals surface area contributed by atoms with Crippen LogP contribution in [0.4, 0.5) is 6.01 Å². The number of ether oxygens (including phenoxy) is 1. The third kappa shape index (κ3) is 3.54. The van der Waals surface area contributed by atoms with Crippen molar-refractivity contribution in [3.63, 3.8) is 0 Å². The molecule has 112 valence electrons. The highest BCUT2D eigenvalue weighted by atomic mass is 16.5. The van der Waals surface area contributed by atoms with E-state index >= 15 is 0 Å². The molecule has 0 spiro atoms. The van der Waals surface area contributed by atoms with E-state index in [0.717, 1.165) is 11.3 Å². The predicted octanol–water partition coefficient (Wildman–Crippen LogP) is 3.88. The molecule has 0 radical (unpaired) electrons. The first-order valence-corrected chi connectivity index (χ1v) is 7.60. The Labute approximate surface area is 124 Å². The summed E-state index contributed by atoms with van der Waals surface area (Å²) in [6.07, 6.45) is 7.56. The first-order chi connectivity index (χ1) is 10.3. The molecule has 0 unspecified atom stereocenters. The smallest absolute Gasteiger partial charge is 0.322 e. The second kappa shape index (κ2) is 6.61. The lowest BCUT2D eigenvalue weighted by Gasteiger charge is -2.13. The Morgan fingerprint density at radius 1 is 1.19 bits per heavy atom. The predicted molar refractivity (Wildman–Crippen MR) is 81.4 cm³/mol. The van der Waals surface area contributed by atoms with E-state index in [1.54, 1.807) is 7.11 Å². The van der Waals surface area contributed by atoms with Crippen LogP contribution in [0.2, 0.25) is 0 Å². The zero-order chi connectivity index (χ0) is 14.5. The number of methoxy groups -OCH3 is 1. The number of nitrogens with one attached hydrogen (secondary N) is 1. The Morgan fingerprint density at radius 3 is 2.76 bits per heavy atom. The second-order valence-electron chi connectivity index (χ2n) is 5.49. The van der Waals surface area contributed by atoms with Crippen molar-refractivity contribution in [2.24, 2.45) is 0 Å². The molecule has 3 rings (SSSR count). The maximum atomic E-state index is 5.32. The topological polar surface area (TPSA) is 60.2 Å². The molecule has 1 heterocycles. The normalized spacial score (nSPS) is 16.4. The summed E-state index contributed by atoms with van der Waals surface area (Å²) in [5.74, 6) is 1.38. The van der Waals surface area contributed by atoms with Crippen molar-refractivity contribution in [3.05, 3.63) is 24.3 Å². The van der Waals surface area contributed by atoms with Crippen molar-refractivity contribution in [1.82, 2.24) is 10.1 Å². The Morgan fingerprint density at radius 2 is 2.00 bits per heavy atom.